The van der Waals surface area contributed by atoms with Crippen molar-refractivity contribution in [2.45, 2.75) is 31.2 Å². The molecular formula is C14H18N2O2S. The van der Waals surface area contributed by atoms with Gasteiger partial charge in [-0.3, -0.25) is 4.79 Å². The van der Waals surface area contributed by atoms with Gasteiger partial charge >= 0.3 is 0 Å². The van der Waals surface area contributed by atoms with E-state index in [1.54, 1.807) is 0 Å². The van der Waals surface area contributed by atoms with Crippen molar-refractivity contribution in [2.24, 2.45) is 5.92 Å². The van der Waals surface area contributed by atoms with Crippen molar-refractivity contribution in [3.63, 3.8) is 0 Å². The first-order chi connectivity index (χ1) is 9.06. The van der Waals surface area contributed by atoms with Gasteiger partial charge in [-0.05, 0) is 25.0 Å². The summed E-state index contributed by atoms with van der Waals surface area (Å²) in [6.45, 7) is 6.68. The normalized spacial score (nSPS) is 12.8. The first-order valence-electron chi connectivity index (χ1n) is 6.36. The van der Waals surface area contributed by atoms with E-state index in [-0.39, 0.29) is 11.2 Å². The van der Waals surface area contributed by atoms with E-state index in [0.29, 0.717) is 17.7 Å². The van der Waals surface area contributed by atoms with Gasteiger partial charge in [0.15, 0.2) is 5.58 Å². The number of thioether (sulfide) groups is 1. The van der Waals surface area contributed by atoms with Crippen molar-refractivity contribution in [1.29, 1.82) is 0 Å². The number of para-hydroxylation sites is 2. The Morgan fingerprint density at radius 1 is 1.37 bits per heavy atom. The van der Waals surface area contributed by atoms with Crippen LogP contribution in [0.15, 0.2) is 33.9 Å². The zero-order valence-corrected chi connectivity index (χ0v) is 12.2. The fourth-order valence-electron chi connectivity index (χ4n) is 1.55. The number of benzene rings is 1. The average molecular weight is 278 g/mol. The van der Waals surface area contributed by atoms with Gasteiger partial charge in [0.25, 0.3) is 5.22 Å². The molecule has 1 N–H and O–H groups in total. The summed E-state index contributed by atoms with van der Waals surface area (Å²) in [5, 5.41) is 3.23. The SMILES string of the molecule is CC(C)CNC(=O)C(C)Sc1nc2ccccc2o1. The predicted octanol–water partition coefficient (Wildman–Crippen LogP) is 3.08. The van der Waals surface area contributed by atoms with Gasteiger partial charge in [-0.1, -0.05) is 37.7 Å². The molecule has 1 aromatic heterocycles. The summed E-state index contributed by atoms with van der Waals surface area (Å²) >= 11 is 1.34. The van der Waals surface area contributed by atoms with Gasteiger partial charge in [-0.25, -0.2) is 4.98 Å². The van der Waals surface area contributed by atoms with E-state index in [1.807, 2.05) is 31.2 Å². The van der Waals surface area contributed by atoms with E-state index in [4.69, 9.17) is 4.42 Å². The zero-order chi connectivity index (χ0) is 13.8. The highest BCUT2D eigenvalue weighted by Gasteiger charge is 2.17. The van der Waals surface area contributed by atoms with Crippen molar-refractivity contribution in [2.75, 3.05) is 6.54 Å². The molecule has 0 aliphatic rings. The van der Waals surface area contributed by atoms with E-state index >= 15 is 0 Å². The topological polar surface area (TPSA) is 55.1 Å². The molecule has 0 fully saturated rings. The summed E-state index contributed by atoms with van der Waals surface area (Å²) in [5.41, 5.74) is 1.57. The minimum Gasteiger partial charge on any atom is -0.431 e. The molecule has 1 aromatic carbocycles. The lowest BCUT2D eigenvalue weighted by atomic mass is 10.2. The van der Waals surface area contributed by atoms with Crippen LogP contribution in [0, 0.1) is 5.92 Å². The van der Waals surface area contributed by atoms with Crippen molar-refractivity contribution >= 4 is 28.8 Å². The molecule has 2 aromatic rings. The van der Waals surface area contributed by atoms with E-state index in [0.717, 1.165) is 11.1 Å². The fourth-order valence-corrected chi connectivity index (χ4v) is 2.34. The molecule has 102 valence electrons. The van der Waals surface area contributed by atoms with Gasteiger partial charge in [0, 0.05) is 6.54 Å². The highest BCUT2D eigenvalue weighted by Crippen LogP contribution is 2.26. The molecule has 19 heavy (non-hydrogen) atoms. The lowest BCUT2D eigenvalue weighted by Gasteiger charge is -2.11. The van der Waals surface area contributed by atoms with Crippen LogP contribution in [0.4, 0.5) is 0 Å². The molecule has 0 aliphatic heterocycles. The van der Waals surface area contributed by atoms with Crippen molar-refractivity contribution in [3.8, 4) is 0 Å². The Bertz CT molecular complexity index is 532. The van der Waals surface area contributed by atoms with Gasteiger partial charge in [0.2, 0.25) is 5.91 Å². The molecule has 0 bridgehead atoms. The maximum absolute atomic E-state index is 11.9. The minimum absolute atomic E-state index is 0.0148. The molecule has 5 heteroatoms. The van der Waals surface area contributed by atoms with Crippen LogP contribution in [0.5, 0.6) is 0 Å². The van der Waals surface area contributed by atoms with Crippen LogP contribution in [-0.4, -0.2) is 22.7 Å². The molecule has 1 heterocycles. The molecule has 4 nitrogen and oxygen atoms in total. The van der Waals surface area contributed by atoms with Crippen molar-refractivity contribution < 1.29 is 9.21 Å². The molecule has 1 unspecified atom stereocenters. The van der Waals surface area contributed by atoms with Crippen LogP contribution in [0.2, 0.25) is 0 Å². The third kappa shape index (κ3) is 3.73. The Hall–Kier alpha value is -1.49. The van der Waals surface area contributed by atoms with Crippen molar-refractivity contribution in [3.05, 3.63) is 24.3 Å². The van der Waals surface area contributed by atoms with Gasteiger partial charge in [0.1, 0.15) is 5.52 Å². The van der Waals surface area contributed by atoms with Crippen LogP contribution >= 0.6 is 11.8 Å². The summed E-state index contributed by atoms with van der Waals surface area (Å²) < 4.78 is 5.59. The van der Waals surface area contributed by atoms with Crippen molar-refractivity contribution in [1.82, 2.24) is 10.3 Å². The number of oxazole rings is 1. The van der Waals surface area contributed by atoms with E-state index < -0.39 is 0 Å². The van der Waals surface area contributed by atoms with E-state index in [1.165, 1.54) is 11.8 Å². The molecule has 0 spiro atoms. The first kappa shape index (κ1) is 13.9. The quantitative estimate of drug-likeness (QED) is 0.854. The molecule has 0 radical (unpaired) electrons. The van der Waals surface area contributed by atoms with E-state index in [2.05, 4.69) is 24.1 Å². The summed E-state index contributed by atoms with van der Waals surface area (Å²) in [6, 6.07) is 7.58. The van der Waals surface area contributed by atoms with Gasteiger partial charge in [-0.15, -0.1) is 0 Å². The number of hydrogen-bond acceptors (Lipinski definition) is 4. The molecule has 0 saturated heterocycles. The number of hydrogen-bond donors (Lipinski definition) is 1. The Morgan fingerprint density at radius 2 is 2.11 bits per heavy atom. The Balaban J connectivity index is 1.98. The zero-order valence-electron chi connectivity index (χ0n) is 11.3. The Morgan fingerprint density at radius 3 is 2.79 bits per heavy atom. The maximum Gasteiger partial charge on any atom is 0.257 e. The van der Waals surface area contributed by atoms with E-state index in [9.17, 15) is 4.79 Å². The Kier molecular flexibility index (Phi) is 4.47. The number of fused-ring (bicyclic) bond motifs is 1. The molecular weight excluding hydrogens is 260 g/mol. The monoisotopic (exact) mass is 278 g/mol. The predicted molar refractivity (Wildman–Crippen MR) is 77.2 cm³/mol. The molecule has 1 amide bonds. The third-order valence-electron chi connectivity index (χ3n) is 2.61. The molecule has 1 atom stereocenters. The van der Waals surface area contributed by atoms with Crippen LogP contribution in [0.3, 0.4) is 0 Å². The second kappa shape index (κ2) is 6.10. The largest absolute Gasteiger partial charge is 0.431 e. The van der Waals surface area contributed by atoms with Crippen LogP contribution < -0.4 is 5.32 Å². The minimum atomic E-state index is -0.216. The number of amides is 1. The maximum atomic E-state index is 11.9. The molecule has 0 aliphatic carbocycles. The second-order valence-corrected chi connectivity index (χ2v) is 6.14. The summed E-state index contributed by atoms with van der Waals surface area (Å²) in [7, 11) is 0. The third-order valence-corrected chi connectivity index (χ3v) is 3.55. The van der Waals surface area contributed by atoms with Crippen LogP contribution in [0.25, 0.3) is 11.1 Å². The average Bonchev–Trinajstić information content (AvgIpc) is 2.77. The standard InChI is InChI=1S/C14H18N2O2S/c1-9(2)8-15-13(17)10(3)19-14-16-11-6-4-5-7-12(11)18-14/h4-7,9-10H,8H2,1-3H3,(H,15,17). The van der Waals surface area contributed by atoms with Gasteiger partial charge < -0.3 is 9.73 Å². The second-order valence-electron chi connectivity index (χ2n) is 4.85. The number of rotatable bonds is 5. The number of aromatic nitrogens is 1. The number of carbonyl (C=O) groups is 1. The van der Waals surface area contributed by atoms with Gasteiger partial charge in [-0.2, -0.15) is 0 Å². The molecule has 2 rings (SSSR count). The van der Waals surface area contributed by atoms with Crippen LogP contribution in [-0.2, 0) is 4.79 Å². The number of nitrogens with zero attached hydrogens (tertiary/aromatic N) is 1. The van der Waals surface area contributed by atoms with Gasteiger partial charge in [0.05, 0.1) is 5.25 Å². The first-order valence-corrected chi connectivity index (χ1v) is 7.24. The number of carbonyl (C=O) groups excluding carboxylic acids is 1. The fraction of sp³-hybridized carbons (Fsp3) is 0.429. The summed E-state index contributed by atoms with van der Waals surface area (Å²) in [6.07, 6.45) is 0. The lowest BCUT2D eigenvalue weighted by molar-refractivity contribution is -0.120. The summed E-state index contributed by atoms with van der Waals surface area (Å²) in [4.78, 5) is 16.2. The highest BCUT2D eigenvalue weighted by atomic mass is 32.2. The summed E-state index contributed by atoms with van der Waals surface area (Å²) in [5.74, 6) is 0.464. The molecule has 0 saturated carbocycles. The smallest absolute Gasteiger partial charge is 0.257 e. The number of nitrogens with one attached hydrogen (secondary N) is 1. The van der Waals surface area contributed by atoms with Crippen LogP contribution in [0.1, 0.15) is 20.8 Å². The lowest BCUT2D eigenvalue weighted by Crippen LogP contribution is -2.33. The Labute approximate surface area is 117 Å². The highest BCUT2D eigenvalue weighted by molar-refractivity contribution is 8.00.